The molecular weight excluding hydrogens is 229 g/mol. The second-order valence-electron chi connectivity index (χ2n) is 4.32. The van der Waals surface area contributed by atoms with E-state index in [1.807, 2.05) is 0 Å². The zero-order valence-corrected chi connectivity index (χ0v) is 9.57. The Kier molecular flexibility index (Phi) is 2.64. The molecule has 2 nitrogen and oxygen atoms in total. The zero-order chi connectivity index (χ0) is 12.7. The Balaban J connectivity index is 2.48. The van der Waals surface area contributed by atoms with Crippen molar-refractivity contribution in [3.63, 3.8) is 0 Å². The molecule has 1 aromatic carbocycles. The first kappa shape index (κ1) is 12.0. The maximum atomic E-state index is 13.0. The summed E-state index contributed by atoms with van der Waals surface area (Å²) in [4.78, 5) is 0. The van der Waals surface area contributed by atoms with Gasteiger partial charge in [-0.1, -0.05) is 30.3 Å². The maximum absolute atomic E-state index is 13.0. The number of rotatable bonds is 1. The van der Waals surface area contributed by atoms with Gasteiger partial charge in [0.15, 0.2) is 0 Å². The lowest BCUT2D eigenvalue weighted by atomic mass is 9.80. The lowest BCUT2D eigenvalue weighted by molar-refractivity contribution is -0.180. The van der Waals surface area contributed by atoms with Gasteiger partial charge in [-0.2, -0.15) is 18.3 Å². The first-order valence-electron chi connectivity index (χ1n) is 5.27. The first-order chi connectivity index (χ1) is 7.87. The summed E-state index contributed by atoms with van der Waals surface area (Å²) in [6.07, 6.45) is -3.31. The summed E-state index contributed by atoms with van der Waals surface area (Å²) >= 11 is 0. The van der Waals surface area contributed by atoms with E-state index in [2.05, 4.69) is 5.10 Å². The van der Waals surface area contributed by atoms with Crippen molar-refractivity contribution in [2.24, 2.45) is 11.0 Å². The van der Waals surface area contributed by atoms with Gasteiger partial charge in [0.1, 0.15) is 5.92 Å². The molecule has 92 valence electrons. The molecule has 0 fully saturated rings. The van der Waals surface area contributed by atoms with Gasteiger partial charge in [-0.05, 0) is 12.5 Å². The Labute approximate surface area is 97.7 Å². The summed E-state index contributed by atoms with van der Waals surface area (Å²) in [6, 6.07) is 8.65. The number of nitrogens with zero attached hydrogens (tertiary/aromatic N) is 2. The Bertz CT molecular complexity index is 427. The van der Waals surface area contributed by atoms with Crippen LogP contribution < -0.4 is 0 Å². The number of hydrogen-bond donors (Lipinski definition) is 0. The van der Waals surface area contributed by atoms with E-state index < -0.39 is 17.6 Å². The van der Waals surface area contributed by atoms with Crippen molar-refractivity contribution in [3.05, 3.63) is 35.9 Å². The predicted molar refractivity (Wildman–Crippen MR) is 59.6 cm³/mol. The molecule has 2 rings (SSSR count). The van der Waals surface area contributed by atoms with Crippen LogP contribution in [-0.4, -0.2) is 24.4 Å². The van der Waals surface area contributed by atoms with E-state index >= 15 is 0 Å². The number of benzene rings is 1. The van der Waals surface area contributed by atoms with Gasteiger partial charge in [-0.15, -0.1) is 0 Å². The molecule has 1 aliphatic rings. The average molecular weight is 242 g/mol. The van der Waals surface area contributed by atoms with Crippen LogP contribution in [0.4, 0.5) is 13.2 Å². The van der Waals surface area contributed by atoms with Crippen LogP contribution >= 0.6 is 0 Å². The van der Waals surface area contributed by atoms with E-state index in [4.69, 9.17) is 0 Å². The first-order valence-corrected chi connectivity index (χ1v) is 5.27. The Morgan fingerprint density at radius 3 is 2.35 bits per heavy atom. The second kappa shape index (κ2) is 3.75. The number of hydrogen-bond acceptors (Lipinski definition) is 2. The normalized spacial score (nSPS) is 28.8. The van der Waals surface area contributed by atoms with Crippen molar-refractivity contribution in [1.29, 1.82) is 0 Å². The molecule has 0 saturated carbocycles. The molecule has 2 unspecified atom stereocenters. The highest BCUT2D eigenvalue weighted by Crippen LogP contribution is 2.45. The molecular formula is C12H13F3N2. The van der Waals surface area contributed by atoms with Crippen LogP contribution in [-0.2, 0) is 5.54 Å². The van der Waals surface area contributed by atoms with E-state index in [0.29, 0.717) is 5.56 Å². The summed E-state index contributed by atoms with van der Waals surface area (Å²) in [6.45, 7) is 1.56. The molecule has 2 atom stereocenters. The molecule has 0 radical (unpaired) electrons. The monoisotopic (exact) mass is 242 g/mol. The van der Waals surface area contributed by atoms with Crippen molar-refractivity contribution in [1.82, 2.24) is 5.01 Å². The lowest BCUT2D eigenvalue weighted by Gasteiger charge is -2.37. The molecule has 1 aromatic rings. The van der Waals surface area contributed by atoms with E-state index in [1.165, 1.54) is 5.01 Å². The SMILES string of the molecule is CN1N=CC(C(F)(F)F)C1(C)c1ccccc1. The molecule has 0 N–H and O–H groups in total. The summed E-state index contributed by atoms with van der Waals surface area (Å²) in [5, 5.41) is 5.18. The Hall–Kier alpha value is -1.52. The fraction of sp³-hybridized carbons (Fsp3) is 0.417. The van der Waals surface area contributed by atoms with Crippen LogP contribution in [0.2, 0.25) is 0 Å². The van der Waals surface area contributed by atoms with Crippen molar-refractivity contribution in [3.8, 4) is 0 Å². The lowest BCUT2D eigenvalue weighted by Crippen LogP contribution is -2.46. The summed E-state index contributed by atoms with van der Waals surface area (Å²) in [7, 11) is 1.56. The van der Waals surface area contributed by atoms with Crippen LogP contribution in [0.1, 0.15) is 12.5 Å². The van der Waals surface area contributed by atoms with Crippen LogP contribution in [0, 0.1) is 5.92 Å². The highest BCUT2D eigenvalue weighted by Gasteiger charge is 2.56. The van der Waals surface area contributed by atoms with Gasteiger partial charge in [0.05, 0.1) is 5.54 Å². The fourth-order valence-corrected chi connectivity index (χ4v) is 2.18. The summed E-state index contributed by atoms with van der Waals surface area (Å²) in [5.74, 6) is -1.58. The zero-order valence-electron chi connectivity index (χ0n) is 9.57. The molecule has 0 saturated heterocycles. The van der Waals surface area contributed by atoms with Gasteiger partial charge >= 0.3 is 6.18 Å². The smallest absolute Gasteiger partial charge is 0.289 e. The molecule has 1 heterocycles. The van der Waals surface area contributed by atoms with E-state index in [1.54, 1.807) is 44.3 Å². The predicted octanol–water partition coefficient (Wildman–Crippen LogP) is 3.01. The van der Waals surface area contributed by atoms with Crippen LogP contribution in [0.15, 0.2) is 35.4 Å². The van der Waals surface area contributed by atoms with Crippen LogP contribution in [0.25, 0.3) is 0 Å². The van der Waals surface area contributed by atoms with Gasteiger partial charge in [-0.3, -0.25) is 5.01 Å². The maximum Gasteiger partial charge on any atom is 0.399 e. The third kappa shape index (κ3) is 1.79. The Morgan fingerprint density at radius 2 is 1.82 bits per heavy atom. The fourth-order valence-electron chi connectivity index (χ4n) is 2.18. The molecule has 1 aliphatic heterocycles. The van der Waals surface area contributed by atoms with Gasteiger partial charge in [0.2, 0.25) is 0 Å². The van der Waals surface area contributed by atoms with Gasteiger partial charge in [0.25, 0.3) is 0 Å². The minimum Gasteiger partial charge on any atom is -0.289 e. The molecule has 0 amide bonds. The molecule has 0 bridgehead atoms. The topological polar surface area (TPSA) is 15.6 Å². The molecule has 0 spiro atoms. The van der Waals surface area contributed by atoms with Gasteiger partial charge < -0.3 is 0 Å². The van der Waals surface area contributed by atoms with Gasteiger partial charge in [0, 0.05) is 13.3 Å². The second-order valence-corrected chi connectivity index (χ2v) is 4.32. The van der Waals surface area contributed by atoms with Gasteiger partial charge in [-0.25, -0.2) is 0 Å². The average Bonchev–Trinajstić information content (AvgIpc) is 2.58. The molecule has 0 aromatic heterocycles. The molecule has 0 aliphatic carbocycles. The quantitative estimate of drug-likeness (QED) is 0.739. The van der Waals surface area contributed by atoms with Crippen molar-refractivity contribution >= 4 is 6.21 Å². The van der Waals surface area contributed by atoms with Crippen molar-refractivity contribution in [2.45, 2.75) is 18.6 Å². The summed E-state index contributed by atoms with van der Waals surface area (Å²) < 4.78 is 39.0. The van der Waals surface area contributed by atoms with Crippen molar-refractivity contribution in [2.75, 3.05) is 7.05 Å². The van der Waals surface area contributed by atoms with E-state index in [9.17, 15) is 13.2 Å². The number of alkyl halides is 3. The number of halogens is 3. The third-order valence-corrected chi connectivity index (χ3v) is 3.38. The molecule has 5 heteroatoms. The number of hydrazone groups is 1. The third-order valence-electron chi connectivity index (χ3n) is 3.38. The molecule has 17 heavy (non-hydrogen) atoms. The van der Waals surface area contributed by atoms with Crippen LogP contribution in [0.3, 0.4) is 0 Å². The minimum atomic E-state index is -4.29. The largest absolute Gasteiger partial charge is 0.399 e. The highest BCUT2D eigenvalue weighted by molar-refractivity contribution is 5.67. The van der Waals surface area contributed by atoms with E-state index in [-0.39, 0.29) is 0 Å². The Morgan fingerprint density at radius 1 is 1.24 bits per heavy atom. The standard InChI is InChI=1S/C12H13F3N2/c1-11(9-6-4-3-5-7-9)10(12(13,14)15)8-16-17(11)2/h3-8,10H,1-2H3. The van der Waals surface area contributed by atoms with Crippen molar-refractivity contribution < 1.29 is 13.2 Å². The highest BCUT2D eigenvalue weighted by atomic mass is 19.4. The summed E-state index contributed by atoms with van der Waals surface area (Å²) in [5.41, 5.74) is -0.554. The minimum absolute atomic E-state index is 0.613. The van der Waals surface area contributed by atoms with Crippen LogP contribution in [0.5, 0.6) is 0 Å². The van der Waals surface area contributed by atoms with E-state index in [0.717, 1.165) is 6.21 Å².